The van der Waals surface area contributed by atoms with Crippen molar-refractivity contribution in [1.29, 1.82) is 0 Å². The first kappa shape index (κ1) is 15.4. The molecule has 1 heterocycles. The summed E-state index contributed by atoms with van der Waals surface area (Å²) in [5, 5.41) is 2.73. The first-order valence-electron chi connectivity index (χ1n) is 7.58. The third-order valence-corrected chi connectivity index (χ3v) is 4.52. The van der Waals surface area contributed by atoms with E-state index in [1.807, 2.05) is 73.8 Å². The highest BCUT2D eigenvalue weighted by molar-refractivity contribution is 7.14. The zero-order valence-electron chi connectivity index (χ0n) is 13.2. The van der Waals surface area contributed by atoms with E-state index in [1.54, 1.807) is 4.90 Å². The lowest BCUT2D eigenvalue weighted by Crippen LogP contribution is -2.30. The van der Waals surface area contributed by atoms with E-state index >= 15 is 0 Å². The van der Waals surface area contributed by atoms with Crippen molar-refractivity contribution in [1.82, 2.24) is 4.98 Å². The SMILES string of the molecule is CCN(C(=O)c1ccc(C)cc1)c1nc(-c2ccccc2)cs1. The van der Waals surface area contributed by atoms with E-state index in [1.165, 1.54) is 11.3 Å². The van der Waals surface area contributed by atoms with Gasteiger partial charge in [-0.15, -0.1) is 11.3 Å². The second-order valence-electron chi connectivity index (χ2n) is 5.30. The molecule has 2 aromatic carbocycles. The van der Waals surface area contributed by atoms with Crippen molar-refractivity contribution < 1.29 is 4.79 Å². The molecule has 0 radical (unpaired) electrons. The van der Waals surface area contributed by atoms with Gasteiger partial charge in [-0.1, -0.05) is 48.0 Å². The summed E-state index contributed by atoms with van der Waals surface area (Å²) in [5.41, 5.74) is 3.80. The number of carbonyl (C=O) groups is 1. The molecule has 116 valence electrons. The van der Waals surface area contributed by atoms with Crippen LogP contribution in [0, 0.1) is 6.92 Å². The van der Waals surface area contributed by atoms with E-state index in [0.717, 1.165) is 22.0 Å². The lowest BCUT2D eigenvalue weighted by Gasteiger charge is -2.17. The summed E-state index contributed by atoms with van der Waals surface area (Å²) in [4.78, 5) is 19.1. The number of benzene rings is 2. The van der Waals surface area contributed by atoms with Gasteiger partial charge in [0.1, 0.15) is 0 Å². The predicted octanol–water partition coefficient (Wildman–Crippen LogP) is 4.79. The minimum Gasteiger partial charge on any atom is -0.284 e. The maximum Gasteiger partial charge on any atom is 0.260 e. The Balaban J connectivity index is 1.88. The second kappa shape index (κ2) is 6.75. The molecule has 0 atom stereocenters. The molecule has 3 nitrogen and oxygen atoms in total. The van der Waals surface area contributed by atoms with E-state index in [4.69, 9.17) is 0 Å². The number of anilines is 1. The number of carbonyl (C=O) groups excluding carboxylic acids is 1. The molecule has 0 N–H and O–H groups in total. The van der Waals surface area contributed by atoms with Gasteiger partial charge in [-0.2, -0.15) is 0 Å². The first-order chi connectivity index (χ1) is 11.2. The molecule has 0 aliphatic carbocycles. The molecule has 0 fully saturated rings. The molecule has 0 unspecified atom stereocenters. The van der Waals surface area contributed by atoms with Gasteiger partial charge in [0.15, 0.2) is 5.13 Å². The van der Waals surface area contributed by atoms with Gasteiger partial charge < -0.3 is 0 Å². The third-order valence-electron chi connectivity index (χ3n) is 3.65. The van der Waals surface area contributed by atoms with Gasteiger partial charge in [-0.05, 0) is 26.0 Å². The fourth-order valence-electron chi connectivity index (χ4n) is 2.35. The smallest absolute Gasteiger partial charge is 0.260 e. The van der Waals surface area contributed by atoms with Crippen LogP contribution in [0.3, 0.4) is 0 Å². The molecule has 0 aliphatic heterocycles. The molecule has 0 aliphatic rings. The zero-order chi connectivity index (χ0) is 16.2. The molecule has 3 rings (SSSR count). The van der Waals surface area contributed by atoms with Gasteiger partial charge in [-0.3, -0.25) is 9.69 Å². The van der Waals surface area contributed by atoms with E-state index in [0.29, 0.717) is 12.1 Å². The van der Waals surface area contributed by atoms with Crippen LogP contribution in [-0.4, -0.2) is 17.4 Å². The summed E-state index contributed by atoms with van der Waals surface area (Å²) in [5.74, 6) is -0.0125. The van der Waals surface area contributed by atoms with Gasteiger partial charge in [-0.25, -0.2) is 4.98 Å². The average molecular weight is 322 g/mol. The third kappa shape index (κ3) is 3.32. The van der Waals surface area contributed by atoms with Gasteiger partial charge in [0, 0.05) is 23.1 Å². The van der Waals surface area contributed by atoms with Crippen molar-refractivity contribution in [3.63, 3.8) is 0 Å². The standard InChI is InChI=1S/C19H18N2OS/c1-3-21(18(22)16-11-9-14(2)10-12-16)19-20-17(13-23-19)15-7-5-4-6-8-15/h4-13H,3H2,1-2H3. The summed E-state index contributed by atoms with van der Waals surface area (Å²) in [6, 6.07) is 17.7. The van der Waals surface area contributed by atoms with Crippen LogP contribution < -0.4 is 4.90 Å². The lowest BCUT2D eigenvalue weighted by molar-refractivity contribution is 0.0988. The molecule has 0 spiro atoms. The number of thiazole rings is 1. The van der Waals surface area contributed by atoms with Gasteiger partial charge in [0.05, 0.1) is 5.69 Å². The molecular formula is C19H18N2OS. The molecular weight excluding hydrogens is 304 g/mol. The van der Waals surface area contributed by atoms with Crippen molar-refractivity contribution in [2.75, 3.05) is 11.4 Å². The van der Waals surface area contributed by atoms with Crippen molar-refractivity contribution in [2.24, 2.45) is 0 Å². The van der Waals surface area contributed by atoms with Crippen molar-refractivity contribution in [3.05, 3.63) is 71.1 Å². The average Bonchev–Trinajstić information content (AvgIpc) is 3.06. The molecule has 0 bridgehead atoms. The van der Waals surface area contributed by atoms with Gasteiger partial charge >= 0.3 is 0 Å². The number of hydrogen-bond acceptors (Lipinski definition) is 3. The Hall–Kier alpha value is -2.46. The molecule has 0 saturated heterocycles. The zero-order valence-corrected chi connectivity index (χ0v) is 14.0. The Bertz CT molecular complexity index is 794. The molecule has 4 heteroatoms. The summed E-state index contributed by atoms with van der Waals surface area (Å²) in [6.45, 7) is 4.57. The maximum absolute atomic E-state index is 12.7. The van der Waals surface area contributed by atoms with Crippen molar-refractivity contribution in [2.45, 2.75) is 13.8 Å². The summed E-state index contributed by atoms with van der Waals surface area (Å²) >= 11 is 1.50. The first-order valence-corrected chi connectivity index (χ1v) is 8.46. The Morgan fingerprint density at radius 2 is 1.78 bits per heavy atom. The number of rotatable bonds is 4. The van der Waals surface area contributed by atoms with Crippen LogP contribution in [0.2, 0.25) is 0 Å². The van der Waals surface area contributed by atoms with Crippen LogP contribution in [0.25, 0.3) is 11.3 Å². The van der Waals surface area contributed by atoms with E-state index in [2.05, 4.69) is 4.98 Å². The quantitative estimate of drug-likeness (QED) is 0.692. The Kier molecular flexibility index (Phi) is 4.53. The van der Waals surface area contributed by atoms with E-state index < -0.39 is 0 Å². The lowest BCUT2D eigenvalue weighted by atomic mass is 10.1. The molecule has 0 saturated carbocycles. The van der Waals surface area contributed by atoms with Crippen LogP contribution in [-0.2, 0) is 0 Å². The Labute approximate surface area is 140 Å². The highest BCUT2D eigenvalue weighted by Crippen LogP contribution is 2.28. The fraction of sp³-hybridized carbons (Fsp3) is 0.158. The van der Waals surface area contributed by atoms with Crippen LogP contribution >= 0.6 is 11.3 Å². The topological polar surface area (TPSA) is 33.2 Å². The highest BCUT2D eigenvalue weighted by atomic mass is 32.1. The van der Waals surface area contributed by atoms with Gasteiger partial charge in [0.2, 0.25) is 0 Å². The fourth-order valence-corrected chi connectivity index (χ4v) is 3.24. The monoisotopic (exact) mass is 322 g/mol. The van der Waals surface area contributed by atoms with Crippen LogP contribution in [0.1, 0.15) is 22.8 Å². The van der Waals surface area contributed by atoms with Crippen molar-refractivity contribution >= 4 is 22.4 Å². The van der Waals surface area contributed by atoms with Crippen molar-refractivity contribution in [3.8, 4) is 11.3 Å². The largest absolute Gasteiger partial charge is 0.284 e. The number of nitrogens with zero attached hydrogens (tertiary/aromatic N) is 2. The molecule has 1 amide bonds. The van der Waals surface area contributed by atoms with Crippen LogP contribution in [0.15, 0.2) is 60.0 Å². The second-order valence-corrected chi connectivity index (χ2v) is 6.13. The predicted molar refractivity (Wildman–Crippen MR) is 96.1 cm³/mol. The minimum atomic E-state index is -0.0125. The molecule has 1 aromatic heterocycles. The van der Waals surface area contributed by atoms with Crippen LogP contribution in [0.5, 0.6) is 0 Å². The number of aromatic nitrogens is 1. The number of aryl methyl sites for hydroxylation is 1. The molecule has 23 heavy (non-hydrogen) atoms. The van der Waals surface area contributed by atoms with Crippen LogP contribution in [0.4, 0.5) is 5.13 Å². The minimum absolute atomic E-state index is 0.0125. The number of hydrogen-bond donors (Lipinski definition) is 0. The van der Waals surface area contributed by atoms with E-state index in [9.17, 15) is 4.79 Å². The summed E-state index contributed by atoms with van der Waals surface area (Å²) < 4.78 is 0. The highest BCUT2D eigenvalue weighted by Gasteiger charge is 2.19. The summed E-state index contributed by atoms with van der Waals surface area (Å²) in [6.07, 6.45) is 0. The van der Waals surface area contributed by atoms with E-state index in [-0.39, 0.29) is 5.91 Å². The van der Waals surface area contributed by atoms with Gasteiger partial charge in [0.25, 0.3) is 5.91 Å². The number of amides is 1. The molecule has 3 aromatic rings. The summed E-state index contributed by atoms with van der Waals surface area (Å²) in [7, 11) is 0. The Morgan fingerprint density at radius 3 is 2.43 bits per heavy atom. The normalized spacial score (nSPS) is 10.5. The maximum atomic E-state index is 12.7. The Morgan fingerprint density at radius 1 is 1.09 bits per heavy atom.